The minimum absolute atomic E-state index is 0.0522. The predicted molar refractivity (Wildman–Crippen MR) is 76.8 cm³/mol. The van der Waals surface area contributed by atoms with Crippen molar-refractivity contribution in [2.45, 2.75) is 6.04 Å². The Labute approximate surface area is 110 Å². The van der Waals surface area contributed by atoms with Gasteiger partial charge in [0, 0.05) is 22.7 Å². The molecule has 1 aliphatic heterocycles. The van der Waals surface area contributed by atoms with Crippen LogP contribution in [0.4, 0.5) is 5.69 Å². The first-order valence-corrected chi connectivity index (χ1v) is 7.10. The highest BCUT2D eigenvalue weighted by molar-refractivity contribution is 7.99. The van der Waals surface area contributed by atoms with E-state index in [0.717, 1.165) is 28.1 Å². The van der Waals surface area contributed by atoms with Gasteiger partial charge in [0.15, 0.2) is 0 Å². The molecule has 1 unspecified atom stereocenters. The third kappa shape index (κ3) is 2.21. The third-order valence-corrected chi connectivity index (χ3v) is 4.02. The number of fused-ring (bicyclic) bond motifs is 1. The molecule has 0 radical (unpaired) electrons. The van der Waals surface area contributed by atoms with Gasteiger partial charge in [-0.3, -0.25) is 10.1 Å². The Morgan fingerprint density at radius 2 is 2.06 bits per heavy atom. The van der Waals surface area contributed by atoms with E-state index in [2.05, 4.69) is 22.8 Å². The largest absolute Gasteiger partial charge is 0.324 e. The lowest BCUT2D eigenvalue weighted by Gasteiger charge is -2.12. The second-order valence-corrected chi connectivity index (χ2v) is 5.32. The maximum absolute atomic E-state index is 12.1. The molecular formula is C14H14N2OS. The van der Waals surface area contributed by atoms with E-state index in [1.807, 2.05) is 30.3 Å². The summed E-state index contributed by atoms with van der Waals surface area (Å²) in [5.74, 6) is 1.75. The Morgan fingerprint density at radius 1 is 1.22 bits per heavy atom. The maximum Gasteiger partial charge on any atom is 0.242 e. The molecule has 2 aromatic rings. The van der Waals surface area contributed by atoms with Crippen LogP contribution in [-0.2, 0) is 4.79 Å². The SMILES string of the molecule is O=C(Nc1cccc2ccccc12)C1CSCN1. The number of benzene rings is 2. The fourth-order valence-corrected chi connectivity index (χ4v) is 3.06. The maximum atomic E-state index is 12.1. The van der Waals surface area contributed by atoms with Crippen molar-refractivity contribution in [3.8, 4) is 0 Å². The normalized spacial score (nSPS) is 19.0. The number of anilines is 1. The molecule has 1 heterocycles. The molecule has 3 nitrogen and oxygen atoms in total. The molecule has 1 atom stereocenters. The molecular weight excluding hydrogens is 244 g/mol. The van der Waals surface area contributed by atoms with Crippen molar-refractivity contribution < 1.29 is 4.79 Å². The molecule has 1 amide bonds. The Balaban J connectivity index is 1.88. The summed E-state index contributed by atoms with van der Waals surface area (Å²) in [6.45, 7) is 0. The summed E-state index contributed by atoms with van der Waals surface area (Å²) >= 11 is 1.75. The van der Waals surface area contributed by atoms with E-state index in [9.17, 15) is 4.79 Å². The fraction of sp³-hybridized carbons (Fsp3) is 0.214. The van der Waals surface area contributed by atoms with E-state index in [0.29, 0.717) is 0 Å². The van der Waals surface area contributed by atoms with Gasteiger partial charge in [0.2, 0.25) is 5.91 Å². The summed E-state index contributed by atoms with van der Waals surface area (Å²) < 4.78 is 0. The molecule has 0 bridgehead atoms. The minimum atomic E-state index is -0.0750. The minimum Gasteiger partial charge on any atom is -0.324 e. The topological polar surface area (TPSA) is 41.1 Å². The van der Waals surface area contributed by atoms with Gasteiger partial charge in [0.05, 0.1) is 6.04 Å². The summed E-state index contributed by atoms with van der Waals surface area (Å²) in [5, 5.41) is 8.41. The average Bonchev–Trinajstić information content (AvgIpc) is 2.93. The summed E-state index contributed by atoms with van der Waals surface area (Å²) in [6, 6.07) is 14.0. The van der Waals surface area contributed by atoms with Crippen LogP contribution in [0.1, 0.15) is 0 Å². The first kappa shape index (κ1) is 11.6. The van der Waals surface area contributed by atoms with Crippen LogP contribution in [0, 0.1) is 0 Å². The standard InChI is InChI=1S/C14H14N2OS/c17-14(13-8-18-9-15-13)16-12-7-3-5-10-4-1-2-6-11(10)12/h1-7,13,15H,8-9H2,(H,16,17). The molecule has 92 valence electrons. The van der Waals surface area contributed by atoms with Crippen LogP contribution in [0.25, 0.3) is 10.8 Å². The van der Waals surface area contributed by atoms with Crippen LogP contribution >= 0.6 is 11.8 Å². The summed E-state index contributed by atoms with van der Waals surface area (Å²) in [6.07, 6.45) is 0. The van der Waals surface area contributed by atoms with E-state index in [-0.39, 0.29) is 11.9 Å². The molecule has 1 fully saturated rings. The Bertz CT molecular complexity index is 574. The van der Waals surface area contributed by atoms with Gasteiger partial charge in [-0.15, -0.1) is 11.8 Å². The zero-order chi connectivity index (χ0) is 12.4. The number of hydrogen-bond acceptors (Lipinski definition) is 3. The molecule has 4 heteroatoms. The van der Waals surface area contributed by atoms with E-state index < -0.39 is 0 Å². The van der Waals surface area contributed by atoms with Gasteiger partial charge in [-0.25, -0.2) is 0 Å². The van der Waals surface area contributed by atoms with Crippen LogP contribution in [0.5, 0.6) is 0 Å². The van der Waals surface area contributed by atoms with Crippen molar-refractivity contribution in [3.63, 3.8) is 0 Å². The van der Waals surface area contributed by atoms with Gasteiger partial charge < -0.3 is 5.32 Å². The van der Waals surface area contributed by atoms with Crippen LogP contribution < -0.4 is 10.6 Å². The third-order valence-electron chi connectivity index (χ3n) is 3.08. The first-order valence-electron chi connectivity index (χ1n) is 5.94. The van der Waals surface area contributed by atoms with Gasteiger partial charge in [0.1, 0.15) is 0 Å². The Kier molecular flexibility index (Phi) is 3.21. The van der Waals surface area contributed by atoms with Crippen molar-refractivity contribution in [2.24, 2.45) is 0 Å². The number of thioether (sulfide) groups is 1. The second-order valence-electron chi connectivity index (χ2n) is 4.29. The van der Waals surface area contributed by atoms with Gasteiger partial charge in [-0.2, -0.15) is 0 Å². The lowest BCUT2D eigenvalue weighted by molar-refractivity contribution is -0.117. The highest BCUT2D eigenvalue weighted by Gasteiger charge is 2.22. The molecule has 0 aliphatic carbocycles. The summed E-state index contributed by atoms with van der Waals surface area (Å²) in [7, 11) is 0. The lowest BCUT2D eigenvalue weighted by atomic mass is 10.1. The smallest absolute Gasteiger partial charge is 0.242 e. The number of carbonyl (C=O) groups excluding carboxylic acids is 1. The molecule has 3 rings (SSSR count). The fourth-order valence-electron chi connectivity index (χ4n) is 2.12. The molecule has 0 saturated carbocycles. The van der Waals surface area contributed by atoms with Gasteiger partial charge in [-0.05, 0) is 11.5 Å². The quantitative estimate of drug-likeness (QED) is 0.869. The Hall–Kier alpha value is -1.52. The van der Waals surface area contributed by atoms with E-state index in [1.165, 1.54) is 0 Å². The molecule has 0 aromatic heterocycles. The van der Waals surface area contributed by atoms with Gasteiger partial charge in [0.25, 0.3) is 0 Å². The van der Waals surface area contributed by atoms with Crippen LogP contribution in [0.2, 0.25) is 0 Å². The van der Waals surface area contributed by atoms with E-state index in [4.69, 9.17) is 0 Å². The predicted octanol–water partition coefficient (Wildman–Crippen LogP) is 2.44. The molecule has 18 heavy (non-hydrogen) atoms. The van der Waals surface area contributed by atoms with Crippen molar-refractivity contribution in [2.75, 3.05) is 16.9 Å². The lowest BCUT2D eigenvalue weighted by Crippen LogP contribution is -2.37. The van der Waals surface area contributed by atoms with E-state index >= 15 is 0 Å². The number of rotatable bonds is 2. The number of nitrogens with one attached hydrogen (secondary N) is 2. The molecule has 2 aromatic carbocycles. The van der Waals surface area contributed by atoms with Crippen molar-refractivity contribution in [1.82, 2.24) is 5.32 Å². The molecule has 0 spiro atoms. The monoisotopic (exact) mass is 258 g/mol. The van der Waals surface area contributed by atoms with Crippen molar-refractivity contribution >= 4 is 34.1 Å². The number of carbonyl (C=O) groups is 1. The molecule has 1 saturated heterocycles. The van der Waals surface area contributed by atoms with Crippen LogP contribution in [0.15, 0.2) is 42.5 Å². The zero-order valence-electron chi connectivity index (χ0n) is 9.85. The zero-order valence-corrected chi connectivity index (χ0v) is 10.7. The molecule has 2 N–H and O–H groups in total. The van der Waals surface area contributed by atoms with Crippen LogP contribution in [0.3, 0.4) is 0 Å². The summed E-state index contributed by atoms with van der Waals surface area (Å²) in [4.78, 5) is 12.1. The highest BCUT2D eigenvalue weighted by atomic mass is 32.2. The summed E-state index contributed by atoms with van der Waals surface area (Å²) in [5.41, 5.74) is 0.886. The van der Waals surface area contributed by atoms with Crippen LogP contribution in [-0.4, -0.2) is 23.6 Å². The average molecular weight is 258 g/mol. The van der Waals surface area contributed by atoms with Crippen molar-refractivity contribution in [3.05, 3.63) is 42.5 Å². The van der Waals surface area contributed by atoms with Crippen molar-refractivity contribution in [1.29, 1.82) is 0 Å². The van der Waals surface area contributed by atoms with Gasteiger partial charge >= 0.3 is 0 Å². The molecule has 1 aliphatic rings. The number of hydrogen-bond donors (Lipinski definition) is 2. The highest BCUT2D eigenvalue weighted by Crippen LogP contribution is 2.23. The van der Waals surface area contributed by atoms with Gasteiger partial charge in [-0.1, -0.05) is 36.4 Å². The Morgan fingerprint density at radius 3 is 2.89 bits per heavy atom. The first-order chi connectivity index (χ1) is 8.84. The second kappa shape index (κ2) is 5.00. The number of amides is 1. The van der Waals surface area contributed by atoms with E-state index in [1.54, 1.807) is 11.8 Å².